The summed E-state index contributed by atoms with van der Waals surface area (Å²) in [6, 6.07) is 6.56. The average molecular weight is 435 g/mol. The maximum atomic E-state index is 4.18. The molecule has 1 aromatic rings. The van der Waals surface area contributed by atoms with Gasteiger partial charge in [-0.2, -0.15) is 0 Å². The molecule has 0 aromatic heterocycles. The summed E-state index contributed by atoms with van der Waals surface area (Å²) in [6.07, 6.45) is 9.90. The summed E-state index contributed by atoms with van der Waals surface area (Å²) in [4.78, 5) is 2.01. The molecule has 0 fully saturated rings. The van der Waals surface area contributed by atoms with Crippen molar-refractivity contribution in [1.29, 1.82) is 0 Å². The maximum absolute atomic E-state index is 4.18. The lowest BCUT2D eigenvalue weighted by Gasteiger charge is -2.16. The molecule has 1 aromatic carbocycles. The van der Waals surface area contributed by atoms with Crippen molar-refractivity contribution in [2.45, 2.75) is 54.4 Å². The summed E-state index contributed by atoms with van der Waals surface area (Å²) in [5.74, 6) is 0.495. The highest BCUT2D eigenvalue weighted by Gasteiger charge is 2.05. The number of aryl methyl sites for hydroxylation is 1. The smallest absolute Gasteiger partial charge is 0.0695 e. The normalized spacial score (nSPS) is 12.5. The number of benzene rings is 1. The summed E-state index contributed by atoms with van der Waals surface area (Å²) >= 11 is 1.59. The number of allylic oxidation sites excluding steroid dienone is 7. The van der Waals surface area contributed by atoms with E-state index in [0.717, 1.165) is 27.6 Å². The first-order valence-corrected chi connectivity index (χ1v) is 11.4. The Kier molecular flexibility index (Phi) is 11.0. The Bertz CT molecular complexity index is 922. The number of hydrogen-bond acceptors (Lipinski definition) is 3. The van der Waals surface area contributed by atoms with Gasteiger partial charge in [0.1, 0.15) is 0 Å². The van der Waals surface area contributed by atoms with E-state index >= 15 is 0 Å². The molecule has 0 amide bonds. The third-order valence-electron chi connectivity index (χ3n) is 4.76. The number of thioether (sulfide) groups is 1. The predicted octanol–water partition coefficient (Wildman–Crippen LogP) is 9.02. The van der Waals surface area contributed by atoms with Gasteiger partial charge in [0.25, 0.3) is 0 Å². The van der Waals surface area contributed by atoms with Crippen LogP contribution in [0, 0.1) is 6.92 Å². The minimum atomic E-state index is 0.495. The SMILES string of the molecule is C=CC(=C\C=C(/C)N(C=C)C=C(C)C)/C(C)=C/SC(=C)Nc1cc(C(C)C)ccc1C. The summed E-state index contributed by atoms with van der Waals surface area (Å²) in [7, 11) is 0. The predicted molar refractivity (Wildman–Crippen MR) is 143 cm³/mol. The molecule has 0 aliphatic carbocycles. The molecular weight excluding hydrogens is 396 g/mol. The lowest BCUT2D eigenvalue weighted by Crippen LogP contribution is -2.06. The average Bonchev–Trinajstić information content (AvgIpc) is 2.71. The highest BCUT2D eigenvalue weighted by molar-refractivity contribution is 8.05. The van der Waals surface area contributed by atoms with E-state index in [9.17, 15) is 0 Å². The molecule has 0 radical (unpaired) electrons. The van der Waals surface area contributed by atoms with Crippen LogP contribution < -0.4 is 5.32 Å². The van der Waals surface area contributed by atoms with E-state index < -0.39 is 0 Å². The van der Waals surface area contributed by atoms with Gasteiger partial charge in [0.05, 0.1) is 5.03 Å². The third kappa shape index (κ3) is 8.94. The molecular formula is C28H38N2S. The summed E-state index contributed by atoms with van der Waals surface area (Å²) < 4.78 is 0. The zero-order valence-electron chi connectivity index (χ0n) is 20.3. The zero-order valence-corrected chi connectivity index (χ0v) is 21.1. The molecule has 1 rings (SSSR count). The molecule has 0 bridgehead atoms. The molecule has 0 unspecified atom stereocenters. The van der Waals surface area contributed by atoms with Gasteiger partial charge in [0, 0.05) is 23.8 Å². The summed E-state index contributed by atoms with van der Waals surface area (Å²) in [6.45, 7) is 26.9. The number of anilines is 1. The van der Waals surface area contributed by atoms with Gasteiger partial charge < -0.3 is 10.2 Å². The van der Waals surface area contributed by atoms with Crippen LogP contribution in [0.3, 0.4) is 0 Å². The summed E-state index contributed by atoms with van der Waals surface area (Å²) in [5.41, 5.74) is 8.14. The Labute approximate surface area is 194 Å². The molecule has 2 nitrogen and oxygen atoms in total. The van der Waals surface area contributed by atoms with Crippen LogP contribution in [-0.2, 0) is 0 Å². The zero-order chi connectivity index (χ0) is 23.6. The van der Waals surface area contributed by atoms with Crippen molar-refractivity contribution in [2.24, 2.45) is 0 Å². The minimum Gasteiger partial charge on any atom is -0.350 e. The Hall–Kier alpha value is -2.65. The number of nitrogens with one attached hydrogen (secondary N) is 1. The minimum absolute atomic E-state index is 0.495. The lowest BCUT2D eigenvalue weighted by molar-refractivity contribution is 0.625. The van der Waals surface area contributed by atoms with Crippen LogP contribution in [0.5, 0.6) is 0 Å². The lowest BCUT2D eigenvalue weighted by atomic mass is 10.0. The van der Waals surface area contributed by atoms with Crippen molar-refractivity contribution in [2.75, 3.05) is 5.32 Å². The quantitative estimate of drug-likeness (QED) is 0.350. The molecule has 0 aliphatic heterocycles. The largest absolute Gasteiger partial charge is 0.350 e. The third-order valence-corrected chi connectivity index (χ3v) is 5.62. The van der Waals surface area contributed by atoms with Crippen LogP contribution in [0.2, 0.25) is 0 Å². The Morgan fingerprint density at radius 1 is 1.10 bits per heavy atom. The van der Waals surface area contributed by atoms with Crippen LogP contribution in [0.1, 0.15) is 58.6 Å². The number of hydrogen-bond donors (Lipinski definition) is 1. The van der Waals surface area contributed by atoms with Gasteiger partial charge in [-0.1, -0.05) is 75.2 Å². The van der Waals surface area contributed by atoms with E-state index in [1.807, 2.05) is 17.2 Å². The molecule has 3 heteroatoms. The van der Waals surface area contributed by atoms with Gasteiger partial charge in [0.15, 0.2) is 0 Å². The Balaban J connectivity index is 2.92. The maximum Gasteiger partial charge on any atom is 0.0695 e. The van der Waals surface area contributed by atoms with E-state index in [2.05, 4.69) is 115 Å². The Morgan fingerprint density at radius 2 is 1.77 bits per heavy atom. The molecule has 166 valence electrons. The first kappa shape index (κ1) is 26.4. The van der Waals surface area contributed by atoms with Crippen molar-refractivity contribution in [1.82, 2.24) is 4.90 Å². The van der Waals surface area contributed by atoms with E-state index in [1.165, 1.54) is 16.7 Å². The molecule has 0 aliphatic rings. The second-order valence-electron chi connectivity index (χ2n) is 8.13. The molecule has 0 saturated carbocycles. The number of nitrogens with zero attached hydrogens (tertiary/aromatic N) is 1. The van der Waals surface area contributed by atoms with Gasteiger partial charge in [-0.3, -0.25) is 0 Å². The molecule has 0 atom stereocenters. The highest BCUT2D eigenvalue weighted by atomic mass is 32.2. The van der Waals surface area contributed by atoms with Gasteiger partial charge >= 0.3 is 0 Å². The fourth-order valence-electron chi connectivity index (χ4n) is 2.77. The van der Waals surface area contributed by atoms with E-state index in [1.54, 1.807) is 11.8 Å². The van der Waals surface area contributed by atoms with Crippen LogP contribution in [0.25, 0.3) is 0 Å². The fraction of sp³-hybridized carbons (Fsp3) is 0.286. The van der Waals surface area contributed by atoms with Crippen molar-refractivity contribution < 1.29 is 0 Å². The van der Waals surface area contributed by atoms with Crippen LogP contribution in [0.15, 0.2) is 101 Å². The first-order valence-electron chi connectivity index (χ1n) is 10.6. The van der Waals surface area contributed by atoms with E-state index in [0.29, 0.717) is 5.92 Å². The van der Waals surface area contributed by atoms with Crippen LogP contribution in [-0.4, -0.2) is 4.90 Å². The van der Waals surface area contributed by atoms with Gasteiger partial charge in [-0.05, 0) is 80.4 Å². The van der Waals surface area contributed by atoms with Crippen LogP contribution >= 0.6 is 11.8 Å². The van der Waals surface area contributed by atoms with Crippen LogP contribution in [0.4, 0.5) is 5.69 Å². The van der Waals surface area contributed by atoms with Gasteiger partial charge in [0.2, 0.25) is 0 Å². The standard InChI is InChI=1S/C28H38N2S/c1-11-26(16-14-24(9)30(12-2)18-20(3)4)23(8)19-31-25(10)29-28-17-27(21(5)6)15-13-22(28)7/h11-19,21,29H,1-2,10H2,3-9H3/b23-19+,24-14+,26-16+. The Morgan fingerprint density at radius 3 is 2.32 bits per heavy atom. The first-order chi connectivity index (χ1) is 14.6. The monoisotopic (exact) mass is 434 g/mol. The second-order valence-corrected chi connectivity index (χ2v) is 9.09. The molecule has 31 heavy (non-hydrogen) atoms. The van der Waals surface area contributed by atoms with Crippen molar-refractivity contribution in [3.63, 3.8) is 0 Å². The van der Waals surface area contributed by atoms with E-state index in [-0.39, 0.29) is 0 Å². The molecule has 0 spiro atoms. The second kappa shape index (κ2) is 12.9. The van der Waals surface area contributed by atoms with Gasteiger partial charge in [-0.15, -0.1) is 0 Å². The molecule has 0 saturated heterocycles. The van der Waals surface area contributed by atoms with Crippen molar-refractivity contribution >= 4 is 17.4 Å². The topological polar surface area (TPSA) is 15.3 Å². The van der Waals surface area contributed by atoms with Gasteiger partial charge in [-0.25, -0.2) is 0 Å². The van der Waals surface area contributed by atoms with Crippen molar-refractivity contribution in [3.05, 3.63) is 113 Å². The molecule has 0 heterocycles. The fourth-order valence-corrected chi connectivity index (χ4v) is 3.40. The summed E-state index contributed by atoms with van der Waals surface area (Å²) in [5, 5.41) is 6.45. The number of rotatable bonds is 11. The van der Waals surface area contributed by atoms with Crippen molar-refractivity contribution in [3.8, 4) is 0 Å². The highest BCUT2D eigenvalue weighted by Crippen LogP contribution is 2.27. The molecule has 1 N–H and O–H groups in total. The van der Waals surface area contributed by atoms with E-state index in [4.69, 9.17) is 0 Å².